The fraction of sp³-hybridized carbons (Fsp3) is 0.273. The lowest BCUT2D eigenvalue weighted by Gasteiger charge is -2.28. The summed E-state index contributed by atoms with van der Waals surface area (Å²) in [5.74, 6) is 1.39. The van der Waals surface area contributed by atoms with Crippen LogP contribution in [0.5, 0.6) is 0 Å². The fourth-order valence-corrected chi connectivity index (χ4v) is 4.20. The lowest BCUT2D eigenvalue weighted by Crippen LogP contribution is -2.28. The number of rotatable bonds is 4. The summed E-state index contributed by atoms with van der Waals surface area (Å²) in [4.78, 5) is 11.1. The predicted octanol–water partition coefficient (Wildman–Crippen LogP) is 5.10. The molecule has 135 valence electrons. The summed E-state index contributed by atoms with van der Waals surface area (Å²) in [5.41, 5.74) is 5.40. The highest BCUT2D eigenvalue weighted by Gasteiger charge is 2.41. The highest BCUT2D eigenvalue weighted by atomic mass is 19.1. The molecular weight excluding hydrogens is 336 g/mol. The molecule has 3 aliphatic rings. The number of benzene rings is 1. The fourth-order valence-electron chi connectivity index (χ4n) is 4.20. The minimum absolute atomic E-state index is 0.0603. The highest BCUT2D eigenvalue weighted by molar-refractivity contribution is 6.24. The van der Waals surface area contributed by atoms with E-state index in [-0.39, 0.29) is 12.0 Å². The van der Waals surface area contributed by atoms with Crippen LogP contribution in [0, 0.1) is 5.92 Å². The molecule has 2 unspecified atom stereocenters. The van der Waals surface area contributed by atoms with E-state index in [1.54, 1.807) is 4.81 Å². The molecule has 3 nitrogen and oxygen atoms in total. The third-order valence-electron chi connectivity index (χ3n) is 5.52. The quantitative estimate of drug-likeness (QED) is 0.688. The first-order valence-corrected chi connectivity index (χ1v) is 9.36. The molecule has 2 aliphatic heterocycles. The number of amidine groups is 1. The first kappa shape index (κ1) is 17.7. The Morgan fingerprint density at radius 2 is 1.96 bits per heavy atom. The molecule has 0 amide bonds. The minimum Gasteiger partial charge on any atom is -0.365 e. The van der Waals surface area contributed by atoms with Crippen LogP contribution in [0.1, 0.15) is 38.8 Å². The van der Waals surface area contributed by atoms with Gasteiger partial charge >= 0.3 is 7.69 Å². The molecule has 0 fully saturated rings. The topological polar surface area (TPSA) is 28.0 Å². The van der Waals surface area contributed by atoms with E-state index in [4.69, 9.17) is 4.99 Å². The third kappa shape index (κ3) is 2.91. The molecular formula is C22H22BFN3. The van der Waals surface area contributed by atoms with Crippen LogP contribution in [-0.4, -0.2) is 24.0 Å². The Bertz CT molecular complexity index is 938. The summed E-state index contributed by atoms with van der Waals surface area (Å²) in [7, 11) is 0.648. The second-order valence-corrected chi connectivity index (χ2v) is 7.00. The van der Waals surface area contributed by atoms with Crippen molar-refractivity contribution in [1.29, 1.82) is 0 Å². The molecule has 1 radical (unpaired) electrons. The summed E-state index contributed by atoms with van der Waals surface area (Å²) in [5, 5.41) is 0. The predicted molar refractivity (Wildman–Crippen MR) is 110 cm³/mol. The van der Waals surface area contributed by atoms with Crippen LogP contribution >= 0.6 is 0 Å². The van der Waals surface area contributed by atoms with Crippen LogP contribution in [-0.2, 0) is 0 Å². The van der Waals surface area contributed by atoms with Crippen molar-refractivity contribution in [2.75, 3.05) is 0 Å². The Balaban J connectivity index is 1.82. The number of halogens is 1. The summed E-state index contributed by atoms with van der Waals surface area (Å²) in [6, 6.07) is 9.89. The standard InChI is InChI=1S/C22H22BFN3/c1-4-17-14(2)21(25-15(17)3)26-22-19-13-9-8-12-18(19)20(27(22)23-24)16-10-6-5-7-11-16/h5-13,18,20H,4H2,1-3H3. The molecule has 0 bridgehead atoms. The van der Waals surface area contributed by atoms with Gasteiger partial charge in [0.1, 0.15) is 5.82 Å². The average molecular weight is 358 g/mol. The lowest BCUT2D eigenvalue weighted by atomic mass is 9.86. The number of nitrogens with zero attached hydrogens (tertiary/aromatic N) is 3. The molecule has 5 heteroatoms. The number of hydrogen-bond acceptors (Lipinski definition) is 2. The molecule has 2 heterocycles. The zero-order valence-corrected chi connectivity index (χ0v) is 15.9. The average Bonchev–Trinajstić information content (AvgIpc) is 3.16. The SMILES string of the molecule is CCC1=C(C)C(=NC2=C3C=CC=CC3C(c3ccccc3)N2[B]F)N=C1C. The molecule has 27 heavy (non-hydrogen) atoms. The van der Waals surface area contributed by atoms with E-state index in [0.29, 0.717) is 19.3 Å². The van der Waals surface area contributed by atoms with E-state index >= 15 is 0 Å². The van der Waals surface area contributed by atoms with E-state index in [1.807, 2.05) is 62.4 Å². The molecule has 1 aromatic carbocycles. The van der Waals surface area contributed by atoms with Gasteiger partial charge in [0.05, 0.1) is 6.04 Å². The van der Waals surface area contributed by atoms with Crippen LogP contribution in [0.4, 0.5) is 4.32 Å². The van der Waals surface area contributed by atoms with Gasteiger partial charge in [-0.05, 0) is 37.0 Å². The van der Waals surface area contributed by atoms with Crippen LogP contribution in [0.2, 0.25) is 0 Å². The van der Waals surface area contributed by atoms with Gasteiger partial charge in [-0.15, -0.1) is 0 Å². The molecule has 0 saturated carbocycles. The third-order valence-corrected chi connectivity index (χ3v) is 5.52. The molecule has 0 spiro atoms. The maximum absolute atomic E-state index is 14.1. The van der Waals surface area contributed by atoms with E-state index < -0.39 is 0 Å². The molecule has 4 rings (SSSR count). The van der Waals surface area contributed by atoms with Gasteiger partial charge in [-0.3, -0.25) is 0 Å². The summed E-state index contributed by atoms with van der Waals surface area (Å²) < 4.78 is 14.1. The van der Waals surface area contributed by atoms with Gasteiger partial charge in [-0.2, -0.15) is 0 Å². The van der Waals surface area contributed by atoms with E-state index in [2.05, 4.69) is 18.0 Å². The van der Waals surface area contributed by atoms with Crippen LogP contribution in [0.25, 0.3) is 0 Å². The summed E-state index contributed by atoms with van der Waals surface area (Å²) in [6.45, 7) is 6.18. The molecule has 2 atom stereocenters. The zero-order chi connectivity index (χ0) is 19.0. The van der Waals surface area contributed by atoms with Gasteiger partial charge in [-0.1, -0.05) is 61.6 Å². The van der Waals surface area contributed by atoms with Gasteiger partial charge in [0.2, 0.25) is 0 Å². The van der Waals surface area contributed by atoms with Gasteiger partial charge in [-0.25, -0.2) is 9.98 Å². The molecule has 0 N–H and O–H groups in total. The van der Waals surface area contributed by atoms with E-state index in [1.165, 1.54) is 5.57 Å². The van der Waals surface area contributed by atoms with Crippen LogP contribution < -0.4 is 0 Å². The maximum atomic E-state index is 14.1. The first-order chi connectivity index (χ1) is 13.2. The Morgan fingerprint density at radius 3 is 2.63 bits per heavy atom. The van der Waals surface area contributed by atoms with Crippen molar-refractivity contribution in [3.8, 4) is 0 Å². The van der Waals surface area contributed by atoms with Crippen molar-refractivity contribution < 1.29 is 4.32 Å². The molecule has 1 aromatic rings. The number of allylic oxidation sites excluding steroid dienone is 4. The van der Waals surface area contributed by atoms with Gasteiger partial charge < -0.3 is 9.13 Å². The highest BCUT2D eigenvalue weighted by Crippen LogP contribution is 2.46. The number of aliphatic imine (C=N–C) groups is 2. The first-order valence-electron chi connectivity index (χ1n) is 9.36. The van der Waals surface area contributed by atoms with Crippen molar-refractivity contribution in [2.24, 2.45) is 15.9 Å². The Hall–Kier alpha value is -2.69. The normalized spacial score (nSPS) is 25.6. The smallest absolute Gasteiger partial charge is 0.365 e. The molecule has 0 aromatic heterocycles. The van der Waals surface area contributed by atoms with Crippen molar-refractivity contribution in [3.63, 3.8) is 0 Å². The van der Waals surface area contributed by atoms with Crippen molar-refractivity contribution in [1.82, 2.24) is 4.81 Å². The number of fused-ring (bicyclic) bond motifs is 1. The van der Waals surface area contributed by atoms with Crippen LogP contribution in [0.15, 0.2) is 87.2 Å². The Morgan fingerprint density at radius 1 is 1.19 bits per heavy atom. The largest absolute Gasteiger partial charge is 0.492 e. The van der Waals surface area contributed by atoms with E-state index in [9.17, 15) is 4.32 Å². The van der Waals surface area contributed by atoms with Gasteiger partial charge in [0, 0.05) is 17.2 Å². The molecule has 0 saturated heterocycles. The maximum Gasteiger partial charge on any atom is 0.492 e. The summed E-state index contributed by atoms with van der Waals surface area (Å²) >= 11 is 0. The Labute approximate surface area is 160 Å². The lowest BCUT2D eigenvalue weighted by molar-refractivity contribution is 0.379. The minimum atomic E-state index is -0.145. The van der Waals surface area contributed by atoms with Crippen molar-refractivity contribution in [3.05, 3.63) is 82.7 Å². The number of hydrogen-bond donors (Lipinski definition) is 0. The van der Waals surface area contributed by atoms with Gasteiger partial charge in [0.25, 0.3) is 0 Å². The second-order valence-electron chi connectivity index (χ2n) is 7.00. The van der Waals surface area contributed by atoms with Crippen LogP contribution in [0.3, 0.4) is 0 Å². The monoisotopic (exact) mass is 358 g/mol. The van der Waals surface area contributed by atoms with E-state index in [0.717, 1.165) is 28.8 Å². The molecule has 1 aliphatic carbocycles. The van der Waals surface area contributed by atoms with Crippen molar-refractivity contribution in [2.45, 2.75) is 33.2 Å². The second kappa shape index (κ2) is 7.14. The van der Waals surface area contributed by atoms with Gasteiger partial charge in [0.15, 0.2) is 5.84 Å². The zero-order valence-electron chi connectivity index (χ0n) is 15.9. The Kier molecular flexibility index (Phi) is 4.69. The van der Waals surface area contributed by atoms with Crippen molar-refractivity contribution >= 4 is 19.2 Å². The summed E-state index contributed by atoms with van der Waals surface area (Å²) in [6.07, 6.45) is 9.09.